The number of thiophene rings is 1. The van der Waals surface area contributed by atoms with Crippen LogP contribution in [0.2, 0.25) is 0 Å². The molecule has 42 heavy (non-hydrogen) atoms. The number of hydrogen-bond donors (Lipinski definition) is 2. The molecule has 4 rings (SSSR count). The van der Waals surface area contributed by atoms with Gasteiger partial charge in [0.2, 0.25) is 0 Å². The van der Waals surface area contributed by atoms with Gasteiger partial charge >= 0.3 is 5.97 Å². The van der Waals surface area contributed by atoms with E-state index in [4.69, 9.17) is 18.9 Å². The Labute approximate surface area is 249 Å². The van der Waals surface area contributed by atoms with Crippen LogP contribution in [0.5, 0.6) is 17.2 Å². The van der Waals surface area contributed by atoms with E-state index in [1.54, 1.807) is 70.5 Å². The van der Waals surface area contributed by atoms with Gasteiger partial charge in [0, 0.05) is 16.0 Å². The molecule has 2 N–H and O–H groups in total. The smallest absolute Gasteiger partial charge is 0.341 e. The molecule has 1 aromatic heterocycles. The highest BCUT2D eigenvalue weighted by Gasteiger charge is 2.29. The molecule has 0 bridgehead atoms. The first kappa shape index (κ1) is 30.6. The lowest BCUT2D eigenvalue weighted by atomic mass is 9.88. The van der Waals surface area contributed by atoms with Crippen LogP contribution in [0.4, 0.5) is 5.00 Å². The third-order valence-corrected chi connectivity index (χ3v) is 8.00. The van der Waals surface area contributed by atoms with E-state index in [9.17, 15) is 14.4 Å². The highest BCUT2D eigenvalue weighted by molar-refractivity contribution is 7.17. The summed E-state index contributed by atoms with van der Waals surface area (Å²) >= 11 is 1.44. The average Bonchev–Trinajstić information content (AvgIpc) is 3.34. The number of benzene rings is 2. The van der Waals surface area contributed by atoms with E-state index in [2.05, 4.69) is 22.8 Å². The summed E-state index contributed by atoms with van der Waals surface area (Å²) in [5.74, 6) is 0.899. The zero-order valence-electron chi connectivity index (χ0n) is 24.3. The summed E-state index contributed by atoms with van der Waals surface area (Å²) in [6, 6.07) is 11.6. The SMILES string of the molecule is CCOC(=O)c1c(NC(=O)c2ccc(OC(C)C(=O)N/N=C/c3cc(OC)ccc3OC)cc2)sc2c1CCC(C)C2. The van der Waals surface area contributed by atoms with E-state index < -0.39 is 18.0 Å². The molecule has 0 saturated carbocycles. The van der Waals surface area contributed by atoms with Crippen LogP contribution in [0.15, 0.2) is 47.6 Å². The molecule has 2 unspecified atom stereocenters. The number of methoxy groups -OCH3 is 2. The van der Waals surface area contributed by atoms with Gasteiger partial charge in [-0.3, -0.25) is 9.59 Å². The number of rotatable bonds is 11. The Morgan fingerprint density at radius 3 is 2.52 bits per heavy atom. The number of hydrazone groups is 1. The highest BCUT2D eigenvalue weighted by Crippen LogP contribution is 2.40. The van der Waals surface area contributed by atoms with Crippen LogP contribution in [-0.2, 0) is 22.4 Å². The van der Waals surface area contributed by atoms with Crippen molar-refractivity contribution in [2.75, 3.05) is 26.1 Å². The maximum atomic E-state index is 13.1. The van der Waals surface area contributed by atoms with Gasteiger partial charge in [-0.05, 0) is 87.1 Å². The lowest BCUT2D eigenvalue weighted by molar-refractivity contribution is -0.127. The number of carbonyl (C=O) groups is 3. The van der Waals surface area contributed by atoms with Crippen LogP contribution in [0.1, 0.15) is 63.9 Å². The molecule has 2 amide bonds. The lowest BCUT2D eigenvalue weighted by Gasteiger charge is -2.18. The van der Waals surface area contributed by atoms with Crippen molar-refractivity contribution in [2.45, 2.75) is 46.1 Å². The summed E-state index contributed by atoms with van der Waals surface area (Å²) in [5, 5.41) is 7.42. The van der Waals surface area contributed by atoms with E-state index in [1.165, 1.54) is 17.6 Å². The normalized spacial score (nSPS) is 14.9. The number of anilines is 1. The number of nitrogens with one attached hydrogen (secondary N) is 2. The zero-order valence-corrected chi connectivity index (χ0v) is 25.1. The Bertz CT molecular complexity index is 1470. The van der Waals surface area contributed by atoms with Crippen molar-refractivity contribution in [3.8, 4) is 17.2 Å². The van der Waals surface area contributed by atoms with Gasteiger partial charge in [-0.1, -0.05) is 6.92 Å². The summed E-state index contributed by atoms with van der Waals surface area (Å²) in [6.45, 7) is 5.80. The predicted octanol–water partition coefficient (Wildman–Crippen LogP) is 5.24. The van der Waals surface area contributed by atoms with Gasteiger partial charge < -0.3 is 24.3 Å². The van der Waals surface area contributed by atoms with Crippen molar-refractivity contribution in [1.82, 2.24) is 5.43 Å². The molecule has 0 fully saturated rings. The van der Waals surface area contributed by atoms with E-state index in [0.29, 0.717) is 44.9 Å². The summed E-state index contributed by atoms with van der Waals surface area (Å²) < 4.78 is 21.5. The third-order valence-electron chi connectivity index (χ3n) is 6.83. The van der Waals surface area contributed by atoms with Gasteiger partial charge in [-0.25, -0.2) is 10.2 Å². The fourth-order valence-corrected chi connectivity index (χ4v) is 5.97. The fraction of sp³-hybridized carbons (Fsp3) is 0.355. The van der Waals surface area contributed by atoms with Crippen LogP contribution in [0.3, 0.4) is 0 Å². The fourth-order valence-electron chi connectivity index (χ4n) is 4.57. The van der Waals surface area contributed by atoms with Gasteiger partial charge in [0.15, 0.2) is 6.10 Å². The number of ether oxygens (including phenoxy) is 4. The van der Waals surface area contributed by atoms with E-state index in [-0.39, 0.29) is 12.5 Å². The van der Waals surface area contributed by atoms with E-state index in [1.807, 2.05) is 0 Å². The topological polar surface area (TPSA) is 125 Å². The summed E-state index contributed by atoms with van der Waals surface area (Å²) in [7, 11) is 3.10. The minimum Gasteiger partial charge on any atom is -0.497 e. The summed E-state index contributed by atoms with van der Waals surface area (Å²) in [6.07, 6.45) is 3.25. The maximum absolute atomic E-state index is 13.1. The highest BCUT2D eigenvalue weighted by atomic mass is 32.1. The maximum Gasteiger partial charge on any atom is 0.341 e. The van der Waals surface area contributed by atoms with E-state index >= 15 is 0 Å². The van der Waals surface area contributed by atoms with Crippen LogP contribution < -0.4 is 25.0 Å². The van der Waals surface area contributed by atoms with Crippen molar-refractivity contribution in [3.05, 3.63) is 69.6 Å². The van der Waals surface area contributed by atoms with Crippen LogP contribution >= 0.6 is 11.3 Å². The predicted molar refractivity (Wildman–Crippen MR) is 161 cm³/mol. The first-order chi connectivity index (χ1) is 20.2. The Morgan fingerprint density at radius 1 is 1.10 bits per heavy atom. The Balaban J connectivity index is 1.37. The van der Waals surface area contributed by atoms with Gasteiger partial charge in [-0.2, -0.15) is 5.10 Å². The van der Waals surface area contributed by atoms with Crippen molar-refractivity contribution in [2.24, 2.45) is 11.0 Å². The first-order valence-corrected chi connectivity index (χ1v) is 14.5. The average molecular weight is 594 g/mol. The zero-order chi connectivity index (χ0) is 30.2. The summed E-state index contributed by atoms with van der Waals surface area (Å²) in [4.78, 5) is 39.5. The molecule has 222 valence electrons. The molecule has 1 aliphatic rings. The molecular formula is C31H35N3O7S. The molecule has 0 spiro atoms. The second kappa shape index (κ2) is 14.0. The second-order valence-electron chi connectivity index (χ2n) is 9.86. The van der Waals surface area contributed by atoms with Gasteiger partial charge in [0.1, 0.15) is 22.2 Å². The minimum absolute atomic E-state index is 0.258. The van der Waals surface area contributed by atoms with Gasteiger partial charge in [0.05, 0.1) is 32.6 Å². The van der Waals surface area contributed by atoms with Crippen molar-refractivity contribution in [1.29, 1.82) is 0 Å². The lowest BCUT2D eigenvalue weighted by Crippen LogP contribution is -2.33. The summed E-state index contributed by atoms with van der Waals surface area (Å²) in [5.41, 5.74) is 4.91. The van der Waals surface area contributed by atoms with Crippen molar-refractivity contribution in [3.63, 3.8) is 0 Å². The molecule has 1 heterocycles. The molecule has 2 aromatic carbocycles. The van der Waals surface area contributed by atoms with Crippen LogP contribution in [-0.4, -0.2) is 50.9 Å². The quantitative estimate of drug-likeness (QED) is 0.177. The standard InChI is InChI=1S/C31H35N3O7S/c1-6-40-31(37)27-24-13-7-18(2)15-26(24)42-30(27)33-29(36)20-8-10-22(11-9-20)41-19(3)28(35)34-32-17-21-16-23(38-4)12-14-25(21)39-5/h8-12,14,16-19H,6-7,13,15H2,1-5H3,(H,33,36)(H,34,35)/b32-17+. The number of carbonyl (C=O) groups excluding carboxylic acids is 3. The van der Waals surface area contributed by atoms with Crippen molar-refractivity contribution < 1.29 is 33.3 Å². The molecule has 10 nitrogen and oxygen atoms in total. The van der Waals surface area contributed by atoms with Crippen LogP contribution in [0.25, 0.3) is 0 Å². The third kappa shape index (κ3) is 7.27. The molecule has 3 aromatic rings. The van der Waals surface area contributed by atoms with E-state index in [0.717, 1.165) is 29.7 Å². The molecule has 1 aliphatic carbocycles. The first-order valence-electron chi connectivity index (χ1n) is 13.7. The van der Waals surface area contributed by atoms with Gasteiger partial charge in [-0.15, -0.1) is 11.3 Å². The number of nitrogens with zero attached hydrogens (tertiary/aromatic N) is 1. The molecule has 0 saturated heterocycles. The monoisotopic (exact) mass is 593 g/mol. The number of hydrogen-bond acceptors (Lipinski definition) is 9. The minimum atomic E-state index is -0.860. The molecule has 11 heteroatoms. The molecule has 0 radical (unpaired) electrons. The number of esters is 1. The van der Waals surface area contributed by atoms with Gasteiger partial charge in [0.25, 0.3) is 11.8 Å². The van der Waals surface area contributed by atoms with Crippen LogP contribution in [0, 0.1) is 5.92 Å². The second-order valence-corrected chi connectivity index (χ2v) is 11.0. The number of amides is 2. The number of fused-ring (bicyclic) bond motifs is 1. The van der Waals surface area contributed by atoms with Crippen molar-refractivity contribution >= 4 is 40.3 Å². The molecule has 2 atom stereocenters. The Hall–Kier alpha value is -4.38. The molecular weight excluding hydrogens is 558 g/mol. The Kier molecular flexibility index (Phi) is 10.2. The Morgan fingerprint density at radius 2 is 1.83 bits per heavy atom. The molecule has 0 aliphatic heterocycles. The largest absolute Gasteiger partial charge is 0.497 e.